The van der Waals surface area contributed by atoms with E-state index in [-0.39, 0.29) is 23.3 Å². The number of nitrogens with zero attached hydrogens (tertiary/aromatic N) is 5. The second-order valence-electron chi connectivity index (χ2n) is 7.63. The number of benzene rings is 2. The van der Waals surface area contributed by atoms with Gasteiger partial charge in [-0.15, -0.1) is 11.8 Å². The van der Waals surface area contributed by atoms with Crippen LogP contribution in [0.3, 0.4) is 0 Å². The van der Waals surface area contributed by atoms with Crippen molar-refractivity contribution in [3.63, 3.8) is 0 Å². The standard InChI is InChI=1S/C24H16ClN5O4S/c25-17-3-7-18(8-4-17)29-21(31)14-35-24(29)20-13-28(23(32)16-9-11-26-12-10-16)27-22(20)15-1-5-19(6-2-15)30(33)34/h1-13,24H,14H2. The number of rotatable bonds is 5. The Morgan fingerprint density at radius 3 is 2.40 bits per heavy atom. The largest absolute Gasteiger partial charge is 0.295 e. The van der Waals surface area contributed by atoms with Gasteiger partial charge in [-0.25, -0.2) is 4.68 Å². The highest BCUT2D eigenvalue weighted by atomic mass is 35.5. The summed E-state index contributed by atoms with van der Waals surface area (Å²) >= 11 is 7.44. The number of pyridine rings is 1. The highest BCUT2D eigenvalue weighted by Crippen LogP contribution is 2.45. The molecule has 11 heteroatoms. The zero-order valence-corrected chi connectivity index (χ0v) is 19.5. The average molecular weight is 506 g/mol. The fourth-order valence-electron chi connectivity index (χ4n) is 3.80. The molecule has 0 spiro atoms. The van der Waals surface area contributed by atoms with E-state index in [0.717, 1.165) is 0 Å². The predicted molar refractivity (Wildman–Crippen MR) is 132 cm³/mol. The third-order valence-corrected chi connectivity index (χ3v) is 6.91. The number of hydrogen-bond donors (Lipinski definition) is 0. The van der Waals surface area contributed by atoms with E-state index in [2.05, 4.69) is 10.1 Å². The first-order valence-corrected chi connectivity index (χ1v) is 11.8. The third-order valence-electron chi connectivity index (χ3n) is 5.47. The molecule has 0 saturated carbocycles. The lowest BCUT2D eigenvalue weighted by molar-refractivity contribution is -0.384. The van der Waals surface area contributed by atoms with Crippen LogP contribution >= 0.6 is 23.4 Å². The number of nitro benzene ring substituents is 1. The van der Waals surface area contributed by atoms with E-state index >= 15 is 0 Å². The van der Waals surface area contributed by atoms with Crippen molar-refractivity contribution in [1.29, 1.82) is 0 Å². The van der Waals surface area contributed by atoms with Crippen molar-refractivity contribution in [1.82, 2.24) is 14.8 Å². The molecule has 1 atom stereocenters. The van der Waals surface area contributed by atoms with Gasteiger partial charge in [0.15, 0.2) is 0 Å². The summed E-state index contributed by atoms with van der Waals surface area (Å²) < 4.78 is 1.23. The van der Waals surface area contributed by atoms with Gasteiger partial charge in [-0.05, 0) is 48.5 Å². The molecule has 9 nitrogen and oxygen atoms in total. The number of thioether (sulfide) groups is 1. The Bertz CT molecular complexity index is 1420. The minimum atomic E-state index is -0.482. The van der Waals surface area contributed by atoms with Gasteiger partial charge in [0.2, 0.25) is 5.91 Å². The number of non-ortho nitro benzene ring substituents is 1. The SMILES string of the molecule is O=C1CSC(c2cn(C(=O)c3ccncc3)nc2-c2ccc([N+](=O)[O-])cc2)N1c1ccc(Cl)cc1. The number of nitro groups is 1. The summed E-state index contributed by atoms with van der Waals surface area (Å²) in [4.78, 5) is 42.2. The van der Waals surface area contributed by atoms with Crippen LogP contribution in [0.4, 0.5) is 11.4 Å². The summed E-state index contributed by atoms with van der Waals surface area (Å²) in [5, 5.41) is 15.7. The molecule has 1 fully saturated rings. The van der Waals surface area contributed by atoms with Crippen LogP contribution in [0, 0.1) is 10.1 Å². The lowest BCUT2D eigenvalue weighted by Crippen LogP contribution is -2.27. The minimum absolute atomic E-state index is 0.0594. The van der Waals surface area contributed by atoms with Crippen LogP contribution < -0.4 is 4.90 Å². The van der Waals surface area contributed by atoms with Gasteiger partial charge in [-0.1, -0.05) is 11.6 Å². The topological polar surface area (TPSA) is 111 Å². The molecule has 1 amide bonds. The molecule has 0 bridgehead atoms. The van der Waals surface area contributed by atoms with E-state index in [1.54, 1.807) is 59.6 Å². The van der Waals surface area contributed by atoms with Crippen molar-refractivity contribution in [2.24, 2.45) is 0 Å². The number of carbonyl (C=O) groups excluding carboxylic acids is 2. The highest BCUT2D eigenvalue weighted by molar-refractivity contribution is 8.00. The number of hydrogen-bond acceptors (Lipinski definition) is 7. The first kappa shape index (κ1) is 22.8. The molecular weight excluding hydrogens is 490 g/mol. The summed E-state index contributed by atoms with van der Waals surface area (Å²) in [7, 11) is 0. The molecule has 4 aromatic rings. The molecule has 5 rings (SSSR count). The Morgan fingerprint density at radius 1 is 1.06 bits per heavy atom. The zero-order valence-electron chi connectivity index (χ0n) is 17.9. The van der Waals surface area contributed by atoms with Crippen LogP contribution in [-0.4, -0.2) is 37.3 Å². The second kappa shape index (κ2) is 9.32. The van der Waals surface area contributed by atoms with Gasteiger partial charge in [0.1, 0.15) is 5.37 Å². The van der Waals surface area contributed by atoms with Gasteiger partial charge in [0.25, 0.3) is 11.6 Å². The molecular formula is C24H16ClN5O4S. The lowest BCUT2D eigenvalue weighted by atomic mass is 10.1. The minimum Gasteiger partial charge on any atom is -0.295 e. The van der Waals surface area contributed by atoms with E-state index in [4.69, 9.17) is 11.6 Å². The normalized spacial score (nSPS) is 15.4. The second-order valence-corrected chi connectivity index (χ2v) is 9.13. The Labute approximate surface area is 208 Å². The van der Waals surface area contributed by atoms with Gasteiger partial charge >= 0.3 is 0 Å². The molecule has 2 aromatic heterocycles. The maximum absolute atomic E-state index is 13.1. The van der Waals surface area contributed by atoms with E-state index < -0.39 is 10.3 Å². The molecule has 1 aliphatic heterocycles. The van der Waals surface area contributed by atoms with Crippen molar-refractivity contribution in [2.75, 3.05) is 10.7 Å². The molecule has 1 aliphatic rings. The van der Waals surface area contributed by atoms with E-state index in [1.165, 1.54) is 41.0 Å². The molecule has 1 unspecified atom stereocenters. The van der Waals surface area contributed by atoms with E-state index in [9.17, 15) is 19.7 Å². The van der Waals surface area contributed by atoms with Gasteiger partial charge in [0.05, 0.1) is 16.4 Å². The van der Waals surface area contributed by atoms with E-state index in [1.807, 2.05) is 0 Å². The summed E-state index contributed by atoms with van der Waals surface area (Å²) in [5.74, 6) is -0.212. The highest BCUT2D eigenvalue weighted by Gasteiger charge is 2.37. The molecule has 0 N–H and O–H groups in total. The monoisotopic (exact) mass is 505 g/mol. The van der Waals surface area contributed by atoms with Crippen LogP contribution in [0.15, 0.2) is 79.3 Å². The van der Waals surface area contributed by atoms with Crippen molar-refractivity contribution in [3.8, 4) is 11.3 Å². The fraction of sp³-hybridized carbons (Fsp3) is 0.0833. The van der Waals surface area contributed by atoms with Gasteiger partial charge in [-0.2, -0.15) is 5.10 Å². The van der Waals surface area contributed by atoms with Crippen molar-refractivity contribution in [2.45, 2.75) is 5.37 Å². The molecule has 2 aromatic carbocycles. The van der Waals surface area contributed by atoms with Crippen molar-refractivity contribution >= 4 is 46.6 Å². The number of aromatic nitrogens is 3. The quantitative estimate of drug-likeness (QED) is 0.278. The lowest BCUT2D eigenvalue weighted by Gasteiger charge is -2.24. The maximum atomic E-state index is 13.1. The molecule has 0 radical (unpaired) electrons. The molecule has 174 valence electrons. The van der Waals surface area contributed by atoms with Gasteiger partial charge in [0, 0.05) is 58.1 Å². The molecule has 0 aliphatic carbocycles. The third kappa shape index (κ3) is 4.41. The fourth-order valence-corrected chi connectivity index (χ4v) is 5.11. The smallest absolute Gasteiger partial charge is 0.278 e. The van der Waals surface area contributed by atoms with Crippen LogP contribution in [-0.2, 0) is 4.79 Å². The number of halogens is 1. The first-order chi connectivity index (χ1) is 16.9. The Kier molecular flexibility index (Phi) is 6.06. The van der Waals surface area contributed by atoms with Gasteiger partial charge < -0.3 is 0 Å². The summed E-state index contributed by atoms with van der Waals surface area (Å²) in [6.07, 6.45) is 4.64. The first-order valence-electron chi connectivity index (χ1n) is 10.4. The Balaban J connectivity index is 1.62. The van der Waals surface area contributed by atoms with E-state index in [0.29, 0.717) is 33.1 Å². The number of amides is 1. The van der Waals surface area contributed by atoms with Gasteiger partial charge in [-0.3, -0.25) is 29.6 Å². The van der Waals surface area contributed by atoms with Crippen LogP contribution in [0.1, 0.15) is 21.3 Å². The van der Waals surface area contributed by atoms with Crippen LogP contribution in [0.2, 0.25) is 5.02 Å². The molecule has 1 saturated heterocycles. The molecule has 35 heavy (non-hydrogen) atoms. The van der Waals surface area contributed by atoms with Crippen LogP contribution in [0.25, 0.3) is 11.3 Å². The zero-order chi connectivity index (χ0) is 24.5. The van der Waals surface area contributed by atoms with Crippen LogP contribution in [0.5, 0.6) is 0 Å². The van der Waals surface area contributed by atoms with Crippen molar-refractivity contribution < 1.29 is 14.5 Å². The Morgan fingerprint density at radius 2 is 1.74 bits per heavy atom. The average Bonchev–Trinajstić information content (AvgIpc) is 3.48. The molecule has 3 heterocycles. The van der Waals surface area contributed by atoms with Crippen molar-refractivity contribution in [3.05, 3.63) is 106 Å². The predicted octanol–water partition coefficient (Wildman–Crippen LogP) is 4.97. The summed E-state index contributed by atoms with van der Waals surface area (Å²) in [5.41, 5.74) is 2.67. The summed E-state index contributed by atoms with van der Waals surface area (Å²) in [6, 6.07) is 16.0. The summed E-state index contributed by atoms with van der Waals surface area (Å²) in [6.45, 7) is 0. The number of anilines is 1. The Hall–Kier alpha value is -4.02. The maximum Gasteiger partial charge on any atom is 0.278 e. The number of carbonyl (C=O) groups is 2.